The summed E-state index contributed by atoms with van der Waals surface area (Å²) in [6.07, 6.45) is 0.506. The van der Waals surface area contributed by atoms with Crippen molar-refractivity contribution in [3.63, 3.8) is 0 Å². The topological polar surface area (TPSA) is 51.7 Å². The standard InChI is InChI=1S/C16H23BrN2O3/c1-16(2,3)22-15(20)11-8-9-19(10-12(11)21-4)14-7-5-6-13(17)18-14/h5-7,11-12H,8-10H2,1-4H3/t11-,12-/m0/s1. The molecular formula is C16H23BrN2O3. The second kappa shape index (κ2) is 6.96. The molecule has 1 aromatic heterocycles. The van der Waals surface area contributed by atoms with Crippen molar-refractivity contribution in [1.82, 2.24) is 4.98 Å². The number of piperidine rings is 1. The third-order valence-corrected chi connectivity index (χ3v) is 4.04. The molecule has 1 aliphatic heterocycles. The molecule has 1 aromatic rings. The van der Waals surface area contributed by atoms with E-state index < -0.39 is 5.60 Å². The Morgan fingerprint density at radius 2 is 2.14 bits per heavy atom. The molecule has 5 nitrogen and oxygen atoms in total. The van der Waals surface area contributed by atoms with Gasteiger partial charge in [-0.25, -0.2) is 4.98 Å². The van der Waals surface area contributed by atoms with E-state index >= 15 is 0 Å². The zero-order chi connectivity index (χ0) is 16.3. The van der Waals surface area contributed by atoms with Crippen LogP contribution in [0, 0.1) is 5.92 Å². The van der Waals surface area contributed by atoms with Gasteiger partial charge in [0.25, 0.3) is 0 Å². The summed E-state index contributed by atoms with van der Waals surface area (Å²) in [5.41, 5.74) is -0.474. The van der Waals surface area contributed by atoms with Crippen LogP contribution in [-0.2, 0) is 14.3 Å². The smallest absolute Gasteiger partial charge is 0.312 e. The minimum absolute atomic E-state index is 0.179. The lowest BCUT2D eigenvalue weighted by Crippen LogP contribution is -2.49. The van der Waals surface area contributed by atoms with E-state index in [-0.39, 0.29) is 18.0 Å². The van der Waals surface area contributed by atoms with Crippen LogP contribution < -0.4 is 4.90 Å². The summed E-state index contributed by atoms with van der Waals surface area (Å²) in [7, 11) is 1.64. The lowest BCUT2D eigenvalue weighted by Gasteiger charge is -2.38. The van der Waals surface area contributed by atoms with Crippen LogP contribution in [0.2, 0.25) is 0 Å². The Balaban J connectivity index is 2.06. The van der Waals surface area contributed by atoms with Crippen LogP contribution in [0.3, 0.4) is 0 Å². The highest BCUT2D eigenvalue weighted by Gasteiger charge is 2.37. The van der Waals surface area contributed by atoms with Gasteiger partial charge in [-0.15, -0.1) is 0 Å². The second-order valence-corrected chi connectivity index (χ2v) is 7.28. The third kappa shape index (κ3) is 4.43. The maximum Gasteiger partial charge on any atom is 0.312 e. The first kappa shape index (κ1) is 17.2. The average Bonchev–Trinajstić information content (AvgIpc) is 2.44. The fourth-order valence-corrected chi connectivity index (χ4v) is 2.92. The molecule has 0 radical (unpaired) electrons. The molecule has 1 fully saturated rings. The van der Waals surface area contributed by atoms with E-state index in [0.29, 0.717) is 13.0 Å². The number of halogens is 1. The molecule has 0 aliphatic carbocycles. The monoisotopic (exact) mass is 370 g/mol. The third-order valence-electron chi connectivity index (χ3n) is 3.60. The number of methoxy groups -OCH3 is 1. The predicted octanol–water partition coefficient (Wildman–Crippen LogP) is 3.03. The number of anilines is 1. The molecule has 1 aliphatic rings. The molecule has 2 rings (SSSR count). The van der Waals surface area contributed by atoms with Crippen molar-refractivity contribution in [1.29, 1.82) is 0 Å². The van der Waals surface area contributed by atoms with Crippen molar-refractivity contribution in [2.24, 2.45) is 5.92 Å². The zero-order valence-electron chi connectivity index (χ0n) is 13.5. The van der Waals surface area contributed by atoms with Gasteiger partial charge in [-0.1, -0.05) is 6.07 Å². The fourth-order valence-electron chi connectivity index (χ4n) is 2.58. The Morgan fingerprint density at radius 1 is 1.41 bits per heavy atom. The second-order valence-electron chi connectivity index (χ2n) is 6.47. The van der Waals surface area contributed by atoms with Crippen molar-refractivity contribution in [2.45, 2.75) is 38.9 Å². The van der Waals surface area contributed by atoms with Gasteiger partial charge in [-0.2, -0.15) is 0 Å². The summed E-state index contributed by atoms with van der Waals surface area (Å²) >= 11 is 3.39. The number of hydrogen-bond donors (Lipinski definition) is 0. The maximum absolute atomic E-state index is 12.3. The molecule has 6 heteroatoms. The largest absolute Gasteiger partial charge is 0.460 e. The van der Waals surface area contributed by atoms with E-state index in [2.05, 4.69) is 25.8 Å². The summed E-state index contributed by atoms with van der Waals surface area (Å²) < 4.78 is 11.8. The van der Waals surface area contributed by atoms with Crippen LogP contribution >= 0.6 is 15.9 Å². The van der Waals surface area contributed by atoms with Crippen molar-refractivity contribution >= 4 is 27.7 Å². The van der Waals surface area contributed by atoms with Gasteiger partial charge in [0.05, 0.1) is 12.0 Å². The highest BCUT2D eigenvalue weighted by molar-refractivity contribution is 9.10. The van der Waals surface area contributed by atoms with Crippen molar-refractivity contribution in [2.75, 3.05) is 25.1 Å². The number of aromatic nitrogens is 1. The van der Waals surface area contributed by atoms with Gasteiger partial charge in [-0.3, -0.25) is 4.79 Å². The highest BCUT2D eigenvalue weighted by Crippen LogP contribution is 2.27. The van der Waals surface area contributed by atoms with Gasteiger partial charge < -0.3 is 14.4 Å². The van der Waals surface area contributed by atoms with Crippen LogP contribution in [-0.4, -0.2) is 42.9 Å². The number of nitrogens with zero attached hydrogens (tertiary/aromatic N) is 2. The molecule has 122 valence electrons. The molecule has 2 atom stereocenters. The van der Waals surface area contributed by atoms with Crippen LogP contribution in [0.4, 0.5) is 5.82 Å². The summed E-state index contributed by atoms with van der Waals surface area (Å²) in [6.45, 7) is 7.03. The van der Waals surface area contributed by atoms with Crippen LogP contribution in [0.15, 0.2) is 22.8 Å². The molecule has 1 saturated heterocycles. The quantitative estimate of drug-likeness (QED) is 0.604. The van der Waals surface area contributed by atoms with Gasteiger partial charge in [0, 0.05) is 20.2 Å². The van der Waals surface area contributed by atoms with Crippen molar-refractivity contribution < 1.29 is 14.3 Å². The number of pyridine rings is 1. The zero-order valence-corrected chi connectivity index (χ0v) is 15.1. The molecule has 2 heterocycles. The highest BCUT2D eigenvalue weighted by atomic mass is 79.9. The predicted molar refractivity (Wildman–Crippen MR) is 88.9 cm³/mol. The van der Waals surface area contributed by atoms with Crippen molar-refractivity contribution in [3.05, 3.63) is 22.8 Å². The van der Waals surface area contributed by atoms with E-state index in [1.54, 1.807) is 7.11 Å². The summed E-state index contributed by atoms with van der Waals surface area (Å²) in [6, 6.07) is 5.81. The van der Waals surface area contributed by atoms with Gasteiger partial charge in [0.1, 0.15) is 16.0 Å². The van der Waals surface area contributed by atoms with E-state index in [1.807, 2.05) is 39.0 Å². The molecule has 22 heavy (non-hydrogen) atoms. The first-order valence-corrected chi connectivity index (χ1v) is 8.22. The van der Waals surface area contributed by atoms with Gasteiger partial charge in [0.15, 0.2) is 0 Å². The lowest BCUT2D eigenvalue weighted by molar-refractivity contribution is -0.165. The maximum atomic E-state index is 12.3. The molecule has 0 bridgehead atoms. The van der Waals surface area contributed by atoms with Gasteiger partial charge in [0.2, 0.25) is 0 Å². The molecule has 0 amide bonds. The van der Waals surface area contributed by atoms with Gasteiger partial charge >= 0.3 is 5.97 Å². The Bertz CT molecular complexity index is 530. The van der Waals surface area contributed by atoms with E-state index in [1.165, 1.54) is 0 Å². The average molecular weight is 371 g/mol. The number of carbonyl (C=O) groups excluding carboxylic acids is 1. The molecule has 0 N–H and O–H groups in total. The number of carbonyl (C=O) groups is 1. The fraction of sp³-hybridized carbons (Fsp3) is 0.625. The number of esters is 1. The summed E-state index contributed by atoms with van der Waals surface area (Å²) in [5, 5.41) is 0. The van der Waals surface area contributed by atoms with E-state index in [4.69, 9.17) is 9.47 Å². The molecule has 0 unspecified atom stereocenters. The van der Waals surface area contributed by atoms with Gasteiger partial charge in [-0.05, 0) is 55.3 Å². The molecule has 0 aromatic carbocycles. The summed E-state index contributed by atoms with van der Waals surface area (Å²) in [5.74, 6) is 0.480. The Morgan fingerprint density at radius 3 is 2.73 bits per heavy atom. The SMILES string of the molecule is CO[C@H]1CN(c2cccc(Br)n2)CC[C@@H]1C(=O)OC(C)(C)C. The Labute approximate surface area is 140 Å². The van der Waals surface area contributed by atoms with E-state index in [9.17, 15) is 4.79 Å². The number of hydrogen-bond acceptors (Lipinski definition) is 5. The van der Waals surface area contributed by atoms with Crippen LogP contribution in [0.5, 0.6) is 0 Å². The molecule has 0 saturated carbocycles. The number of rotatable bonds is 3. The Kier molecular flexibility index (Phi) is 5.45. The number of ether oxygens (including phenoxy) is 2. The molecule has 0 spiro atoms. The van der Waals surface area contributed by atoms with Crippen molar-refractivity contribution in [3.8, 4) is 0 Å². The normalized spacial score (nSPS) is 22.5. The summed E-state index contributed by atoms with van der Waals surface area (Å²) in [4.78, 5) is 18.9. The first-order valence-electron chi connectivity index (χ1n) is 7.43. The minimum Gasteiger partial charge on any atom is -0.460 e. The lowest BCUT2D eigenvalue weighted by atomic mass is 9.93. The van der Waals surface area contributed by atoms with E-state index in [0.717, 1.165) is 17.0 Å². The van der Waals surface area contributed by atoms with Crippen LogP contribution in [0.1, 0.15) is 27.2 Å². The van der Waals surface area contributed by atoms with Crippen LogP contribution in [0.25, 0.3) is 0 Å². The molecular weight excluding hydrogens is 348 g/mol. The first-order chi connectivity index (χ1) is 10.3. The Hall–Kier alpha value is -1.14. The minimum atomic E-state index is -0.474.